The molecule has 3 aromatic rings. The zero-order chi connectivity index (χ0) is 18.4. The third-order valence-corrected chi connectivity index (χ3v) is 5.54. The van der Waals surface area contributed by atoms with Crippen LogP contribution in [0.1, 0.15) is 18.1 Å². The van der Waals surface area contributed by atoms with Crippen molar-refractivity contribution in [3.63, 3.8) is 0 Å². The molecule has 5 nitrogen and oxygen atoms in total. The number of hydrogen-bond acceptors (Lipinski definition) is 5. The molecule has 0 saturated heterocycles. The van der Waals surface area contributed by atoms with E-state index in [1.54, 1.807) is 6.92 Å². The molecule has 25 heavy (non-hydrogen) atoms. The van der Waals surface area contributed by atoms with Crippen molar-refractivity contribution >= 4 is 31.7 Å². The van der Waals surface area contributed by atoms with Crippen LogP contribution in [0, 0.1) is 0 Å². The normalized spacial score (nSPS) is 12.7. The molecule has 0 fully saturated rings. The number of aromatic nitrogens is 2. The molecule has 2 heterocycles. The highest BCUT2D eigenvalue weighted by Gasteiger charge is 2.31. The molecular weight excluding hydrogens is 377 g/mol. The molecule has 0 bridgehead atoms. The lowest BCUT2D eigenvalue weighted by molar-refractivity contribution is -0.137. The summed E-state index contributed by atoms with van der Waals surface area (Å²) in [6.45, 7) is 1.68. The van der Waals surface area contributed by atoms with Gasteiger partial charge in [-0.15, -0.1) is 11.3 Å². The van der Waals surface area contributed by atoms with E-state index < -0.39 is 21.9 Å². The second kappa shape index (κ2) is 6.04. The van der Waals surface area contributed by atoms with E-state index in [-0.39, 0.29) is 33.1 Å². The number of halogens is 3. The van der Waals surface area contributed by atoms with Crippen LogP contribution in [0.5, 0.6) is 0 Å². The summed E-state index contributed by atoms with van der Waals surface area (Å²) in [7, 11) is -4.44. The Hall–Kier alpha value is -2.04. The summed E-state index contributed by atoms with van der Waals surface area (Å²) < 4.78 is 71.3. The number of hydrogen-bond donors (Lipinski definition) is 1. The summed E-state index contributed by atoms with van der Waals surface area (Å²) >= 11 is 1.10. The second-order valence-electron chi connectivity index (χ2n) is 5.16. The van der Waals surface area contributed by atoms with Gasteiger partial charge >= 0.3 is 6.18 Å². The minimum absolute atomic E-state index is 0.149. The Morgan fingerprint density at radius 1 is 1.24 bits per heavy atom. The van der Waals surface area contributed by atoms with Crippen molar-refractivity contribution in [3.05, 3.63) is 41.6 Å². The maximum absolute atomic E-state index is 12.8. The van der Waals surface area contributed by atoms with Gasteiger partial charge < -0.3 is 0 Å². The average Bonchev–Trinajstić information content (AvgIpc) is 2.95. The first-order valence-electron chi connectivity index (χ1n) is 7.04. The Bertz CT molecular complexity index is 1060. The topological polar surface area (TPSA) is 80.2 Å². The van der Waals surface area contributed by atoms with Gasteiger partial charge in [0, 0.05) is 11.8 Å². The molecule has 0 aliphatic rings. The first-order chi connectivity index (χ1) is 11.6. The van der Waals surface area contributed by atoms with Gasteiger partial charge in [-0.25, -0.2) is 4.98 Å². The van der Waals surface area contributed by atoms with Crippen molar-refractivity contribution in [2.45, 2.75) is 24.4 Å². The molecule has 1 aromatic carbocycles. The predicted octanol–water partition coefficient (Wildman–Crippen LogP) is 4.19. The molecule has 0 aliphatic heterocycles. The first-order valence-corrected chi connectivity index (χ1v) is 9.30. The van der Waals surface area contributed by atoms with Gasteiger partial charge in [-0.2, -0.15) is 21.6 Å². The van der Waals surface area contributed by atoms with Gasteiger partial charge in [0.25, 0.3) is 10.1 Å². The highest BCUT2D eigenvalue weighted by atomic mass is 32.2. The van der Waals surface area contributed by atoms with E-state index in [2.05, 4.69) is 9.97 Å². The Balaban J connectivity index is 2.20. The summed E-state index contributed by atoms with van der Waals surface area (Å²) in [4.78, 5) is 8.00. The van der Waals surface area contributed by atoms with Gasteiger partial charge in [0.05, 0.1) is 15.8 Å². The van der Waals surface area contributed by atoms with Crippen LogP contribution in [0.4, 0.5) is 13.2 Å². The van der Waals surface area contributed by atoms with Crippen molar-refractivity contribution in [2.24, 2.45) is 0 Å². The number of nitrogens with zero attached hydrogens (tertiary/aromatic N) is 2. The maximum atomic E-state index is 12.8. The summed E-state index contributed by atoms with van der Waals surface area (Å²) in [5, 5.41) is 0.289. The summed E-state index contributed by atoms with van der Waals surface area (Å²) in [6.07, 6.45) is -3.01. The molecule has 0 aliphatic carbocycles. The number of pyridine rings is 1. The molecule has 0 radical (unpaired) electrons. The van der Waals surface area contributed by atoms with Crippen molar-refractivity contribution in [1.82, 2.24) is 9.97 Å². The number of benzene rings is 1. The number of rotatable bonds is 3. The van der Waals surface area contributed by atoms with Crippen molar-refractivity contribution < 1.29 is 26.1 Å². The van der Waals surface area contributed by atoms with Gasteiger partial charge in [0.1, 0.15) is 15.6 Å². The first kappa shape index (κ1) is 17.8. The molecule has 1 N–H and O–H groups in total. The Morgan fingerprint density at radius 2 is 1.96 bits per heavy atom. The van der Waals surface area contributed by atoms with E-state index in [4.69, 9.17) is 0 Å². The smallest absolute Gasteiger partial charge is 0.282 e. The molecule has 0 spiro atoms. The molecule has 2 aromatic heterocycles. The van der Waals surface area contributed by atoms with Gasteiger partial charge in [-0.1, -0.05) is 6.92 Å². The van der Waals surface area contributed by atoms with E-state index in [9.17, 15) is 26.1 Å². The average molecular weight is 388 g/mol. The van der Waals surface area contributed by atoms with Crippen LogP contribution in [0.3, 0.4) is 0 Å². The Labute approximate surface area is 144 Å². The summed E-state index contributed by atoms with van der Waals surface area (Å²) in [5.41, 5.74) is -0.171. The van der Waals surface area contributed by atoms with E-state index >= 15 is 0 Å². The van der Waals surface area contributed by atoms with Crippen LogP contribution in [-0.4, -0.2) is 22.9 Å². The van der Waals surface area contributed by atoms with E-state index in [1.807, 2.05) is 0 Å². The van der Waals surface area contributed by atoms with Crippen LogP contribution in [0.2, 0.25) is 0 Å². The molecule has 132 valence electrons. The molecule has 0 atom stereocenters. The Kier molecular flexibility index (Phi) is 4.30. The monoisotopic (exact) mass is 388 g/mol. The zero-order valence-electron chi connectivity index (χ0n) is 12.7. The maximum Gasteiger partial charge on any atom is 0.416 e. The summed E-state index contributed by atoms with van der Waals surface area (Å²) in [5.74, 6) is 0. The minimum Gasteiger partial charge on any atom is -0.282 e. The van der Waals surface area contributed by atoms with Crippen LogP contribution >= 0.6 is 11.3 Å². The number of fused-ring (bicyclic) bond motifs is 1. The van der Waals surface area contributed by atoms with Gasteiger partial charge in [-0.3, -0.25) is 9.54 Å². The second-order valence-corrected chi connectivity index (χ2v) is 7.58. The van der Waals surface area contributed by atoms with Crippen LogP contribution in [0.25, 0.3) is 20.9 Å². The standard InChI is InChI=1S/C15H11F3N2O3S2/c1-2-9-12(25(21,22)23)5-6-19-13(9)14-20-10-7-8(15(16,17)18)3-4-11(10)24-14/h3-7H,2H2,1H3,(H,21,22,23). The van der Waals surface area contributed by atoms with Crippen molar-refractivity contribution in [3.8, 4) is 10.7 Å². The molecular formula is C15H11F3N2O3S2. The molecule has 0 unspecified atom stereocenters. The fourth-order valence-corrected chi connectivity index (χ4v) is 4.20. The lowest BCUT2D eigenvalue weighted by Crippen LogP contribution is -2.05. The van der Waals surface area contributed by atoms with Gasteiger partial charge in [0.15, 0.2) is 0 Å². The van der Waals surface area contributed by atoms with Gasteiger partial charge in [0.2, 0.25) is 0 Å². The quantitative estimate of drug-likeness (QED) is 0.681. The third kappa shape index (κ3) is 3.37. The Morgan fingerprint density at radius 3 is 2.56 bits per heavy atom. The van der Waals surface area contributed by atoms with Crippen LogP contribution in [0.15, 0.2) is 35.4 Å². The van der Waals surface area contributed by atoms with Crippen molar-refractivity contribution in [2.75, 3.05) is 0 Å². The SMILES string of the molecule is CCc1c(S(=O)(=O)O)ccnc1-c1nc2cc(C(F)(F)F)ccc2s1. The van der Waals surface area contributed by atoms with E-state index in [0.717, 1.165) is 23.5 Å². The lowest BCUT2D eigenvalue weighted by Gasteiger charge is -2.08. The number of thiazole rings is 1. The highest BCUT2D eigenvalue weighted by Crippen LogP contribution is 2.36. The van der Waals surface area contributed by atoms with Crippen LogP contribution < -0.4 is 0 Å². The minimum atomic E-state index is -4.48. The molecule has 0 saturated carbocycles. The largest absolute Gasteiger partial charge is 0.416 e. The zero-order valence-corrected chi connectivity index (χ0v) is 14.3. The third-order valence-electron chi connectivity index (χ3n) is 3.56. The lowest BCUT2D eigenvalue weighted by atomic mass is 10.1. The molecule has 3 rings (SSSR count). The fourth-order valence-electron chi connectivity index (χ4n) is 2.45. The molecule has 10 heteroatoms. The molecule has 0 amide bonds. The summed E-state index contributed by atoms with van der Waals surface area (Å²) in [6, 6.07) is 4.39. The predicted molar refractivity (Wildman–Crippen MR) is 87.0 cm³/mol. The fraction of sp³-hybridized carbons (Fsp3) is 0.200. The number of alkyl halides is 3. The van der Waals surface area contributed by atoms with Gasteiger partial charge in [-0.05, 0) is 30.7 Å². The van der Waals surface area contributed by atoms with Crippen molar-refractivity contribution in [1.29, 1.82) is 0 Å². The van der Waals surface area contributed by atoms with E-state index in [1.165, 1.54) is 18.3 Å². The van der Waals surface area contributed by atoms with Crippen LogP contribution in [-0.2, 0) is 22.7 Å². The van der Waals surface area contributed by atoms with E-state index in [0.29, 0.717) is 4.70 Å². The highest BCUT2D eigenvalue weighted by molar-refractivity contribution is 7.85.